The zero-order valence-corrected chi connectivity index (χ0v) is 14.6. The summed E-state index contributed by atoms with van der Waals surface area (Å²) in [5.41, 5.74) is 1.05. The van der Waals surface area contributed by atoms with Gasteiger partial charge in [-0.05, 0) is 43.0 Å². The number of hydrogen-bond acceptors (Lipinski definition) is 3. The van der Waals surface area contributed by atoms with Crippen LogP contribution in [0.4, 0.5) is 0 Å². The van der Waals surface area contributed by atoms with Crippen LogP contribution in [0.15, 0.2) is 64.9 Å². The molecule has 5 heteroatoms. The van der Waals surface area contributed by atoms with Gasteiger partial charge in [-0.1, -0.05) is 42.0 Å². The number of aryl methyl sites for hydroxylation is 1. The first-order valence-corrected chi connectivity index (χ1v) is 9.84. The number of hydrogen-bond donors (Lipinski definition) is 0. The highest BCUT2D eigenvalue weighted by Crippen LogP contribution is 2.24. The highest BCUT2D eigenvalue weighted by molar-refractivity contribution is 7.89. The Morgan fingerprint density at radius 2 is 2.04 bits per heavy atom. The molecule has 3 nitrogen and oxygen atoms in total. The summed E-state index contributed by atoms with van der Waals surface area (Å²) < 4.78 is 27.2. The van der Waals surface area contributed by atoms with Gasteiger partial charge in [-0.3, -0.25) is 0 Å². The summed E-state index contributed by atoms with van der Waals surface area (Å²) in [6.45, 7) is 2.39. The third kappa shape index (κ3) is 3.63. The lowest BCUT2D eigenvalue weighted by Gasteiger charge is -2.23. The van der Waals surface area contributed by atoms with Crippen LogP contribution in [0.3, 0.4) is 0 Å². The molecule has 0 spiro atoms. The fraction of sp³-hybridized carbons (Fsp3) is 0.222. The molecule has 1 aromatic carbocycles. The SMILES string of the molecule is Cc1ccc(S(=O)(=O)N2CC=CC2C/C=C/c2cccs2)cc1. The first-order valence-electron chi connectivity index (χ1n) is 7.52. The summed E-state index contributed by atoms with van der Waals surface area (Å²) in [5, 5.41) is 2.03. The summed E-state index contributed by atoms with van der Waals surface area (Å²) >= 11 is 1.67. The summed E-state index contributed by atoms with van der Waals surface area (Å²) in [4.78, 5) is 1.54. The third-order valence-electron chi connectivity index (χ3n) is 3.84. The van der Waals surface area contributed by atoms with Crippen LogP contribution in [-0.4, -0.2) is 25.3 Å². The van der Waals surface area contributed by atoms with Gasteiger partial charge in [-0.2, -0.15) is 4.31 Å². The Morgan fingerprint density at radius 3 is 2.74 bits per heavy atom. The van der Waals surface area contributed by atoms with Gasteiger partial charge < -0.3 is 0 Å². The lowest BCUT2D eigenvalue weighted by atomic mass is 10.2. The maximum atomic E-state index is 12.8. The molecule has 1 aliphatic rings. The van der Waals surface area contributed by atoms with E-state index in [1.54, 1.807) is 27.8 Å². The maximum Gasteiger partial charge on any atom is 0.243 e. The highest BCUT2D eigenvalue weighted by Gasteiger charge is 2.31. The average Bonchev–Trinajstić information content (AvgIpc) is 3.19. The number of nitrogens with zero attached hydrogens (tertiary/aromatic N) is 1. The summed E-state index contributed by atoms with van der Waals surface area (Å²) in [6.07, 6.45) is 8.68. The van der Waals surface area contributed by atoms with Crippen LogP contribution in [0, 0.1) is 6.92 Å². The fourth-order valence-electron chi connectivity index (χ4n) is 2.58. The Morgan fingerprint density at radius 1 is 1.26 bits per heavy atom. The molecule has 0 saturated heterocycles. The van der Waals surface area contributed by atoms with Crippen LogP contribution >= 0.6 is 11.3 Å². The fourth-order valence-corrected chi connectivity index (χ4v) is 4.77. The number of benzene rings is 1. The van der Waals surface area contributed by atoms with Crippen molar-refractivity contribution >= 4 is 27.4 Å². The molecule has 0 bridgehead atoms. The normalized spacial score (nSPS) is 18.9. The van der Waals surface area contributed by atoms with Gasteiger partial charge in [0.25, 0.3) is 0 Å². The molecule has 1 atom stereocenters. The van der Waals surface area contributed by atoms with Crippen LogP contribution in [-0.2, 0) is 10.0 Å². The second-order valence-corrected chi connectivity index (χ2v) is 8.41. The Bertz CT molecular complexity index is 803. The van der Waals surface area contributed by atoms with Gasteiger partial charge in [-0.15, -0.1) is 11.3 Å². The molecule has 0 amide bonds. The molecule has 2 aromatic rings. The third-order valence-corrected chi connectivity index (χ3v) is 6.59. The maximum absolute atomic E-state index is 12.8. The molecule has 1 aliphatic heterocycles. The minimum atomic E-state index is -3.45. The predicted octanol–water partition coefficient (Wildman–Crippen LogP) is 4.09. The second-order valence-electron chi connectivity index (χ2n) is 5.54. The monoisotopic (exact) mass is 345 g/mol. The molecule has 0 aliphatic carbocycles. The van der Waals surface area contributed by atoms with E-state index in [1.807, 2.05) is 60.9 Å². The van der Waals surface area contributed by atoms with E-state index in [2.05, 4.69) is 0 Å². The standard InChI is InChI=1S/C18H19NO2S2/c1-15-9-11-18(12-10-15)23(20,21)19-13-3-6-16(19)5-2-7-17-8-4-14-22-17/h2-4,6-12,14,16H,5,13H2,1H3/b7-2+. The molecule has 0 N–H and O–H groups in total. The van der Waals surface area contributed by atoms with Crippen LogP contribution in [0.5, 0.6) is 0 Å². The smallest absolute Gasteiger partial charge is 0.207 e. The van der Waals surface area contributed by atoms with Crippen LogP contribution in [0.2, 0.25) is 0 Å². The first kappa shape index (κ1) is 16.2. The first-order chi connectivity index (χ1) is 11.1. The minimum Gasteiger partial charge on any atom is -0.207 e. The van der Waals surface area contributed by atoms with E-state index in [4.69, 9.17) is 0 Å². The van der Waals surface area contributed by atoms with E-state index >= 15 is 0 Å². The van der Waals surface area contributed by atoms with Crippen molar-refractivity contribution in [1.29, 1.82) is 0 Å². The topological polar surface area (TPSA) is 37.4 Å². The molecular weight excluding hydrogens is 326 g/mol. The Labute approximate surface area is 141 Å². The Kier molecular flexibility index (Phi) is 4.80. The molecule has 0 fully saturated rings. The van der Waals surface area contributed by atoms with E-state index in [0.717, 1.165) is 5.56 Å². The van der Waals surface area contributed by atoms with Crippen LogP contribution in [0.1, 0.15) is 16.9 Å². The molecule has 120 valence electrons. The number of thiophene rings is 1. The van der Waals surface area contributed by atoms with Crippen LogP contribution in [0.25, 0.3) is 6.08 Å². The molecule has 2 heterocycles. The van der Waals surface area contributed by atoms with Crippen molar-refractivity contribution in [3.8, 4) is 0 Å². The van der Waals surface area contributed by atoms with Gasteiger partial charge in [0.15, 0.2) is 0 Å². The van der Waals surface area contributed by atoms with Crippen molar-refractivity contribution in [2.24, 2.45) is 0 Å². The van der Waals surface area contributed by atoms with E-state index in [9.17, 15) is 8.42 Å². The van der Waals surface area contributed by atoms with Gasteiger partial charge >= 0.3 is 0 Å². The quantitative estimate of drug-likeness (QED) is 0.766. The molecule has 1 unspecified atom stereocenters. The molecule has 3 rings (SSSR count). The van der Waals surface area contributed by atoms with Gasteiger partial charge in [-0.25, -0.2) is 8.42 Å². The highest BCUT2D eigenvalue weighted by atomic mass is 32.2. The Hall–Kier alpha value is -1.69. The van der Waals surface area contributed by atoms with E-state index < -0.39 is 10.0 Å². The zero-order valence-electron chi connectivity index (χ0n) is 12.9. The van der Waals surface area contributed by atoms with Crippen molar-refractivity contribution in [3.63, 3.8) is 0 Å². The lowest BCUT2D eigenvalue weighted by Crippen LogP contribution is -2.35. The van der Waals surface area contributed by atoms with Gasteiger partial charge in [0.1, 0.15) is 0 Å². The van der Waals surface area contributed by atoms with E-state index in [0.29, 0.717) is 17.9 Å². The second kappa shape index (κ2) is 6.83. The van der Waals surface area contributed by atoms with Crippen molar-refractivity contribution < 1.29 is 8.42 Å². The number of rotatable bonds is 5. The largest absolute Gasteiger partial charge is 0.243 e. The van der Waals surface area contributed by atoms with Gasteiger partial charge in [0.05, 0.1) is 4.90 Å². The summed E-state index contributed by atoms with van der Waals surface area (Å²) in [7, 11) is -3.45. The minimum absolute atomic E-state index is 0.113. The molecule has 0 radical (unpaired) electrons. The molecule has 0 saturated carbocycles. The molecular formula is C18H19NO2S2. The summed E-state index contributed by atoms with van der Waals surface area (Å²) in [6, 6.07) is 11.0. The van der Waals surface area contributed by atoms with E-state index in [1.165, 1.54) is 4.88 Å². The van der Waals surface area contributed by atoms with Crippen molar-refractivity contribution in [1.82, 2.24) is 4.31 Å². The van der Waals surface area contributed by atoms with Crippen molar-refractivity contribution in [2.75, 3.05) is 6.54 Å². The van der Waals surface area contributed by atoms with Crippen LogP contribution < -0.4 is 0 Å². The molecule has 1 aromatic heterocycles. The lowest BCUT2D eigenvalue weighted by molar-refractivity contribution is 0.412. The van der Waals surface area contributed by atoms with Gasteiger partial charge in [0.2, 0.25) is 10.0 Å². The summed E-state index contributed by atoms with van der Waals surface area (Å²) in [5.74, 6) is 0. The zero-order chi connectivity index (χ0) is 16.3. The predicted molar refractivity (Wildman–Crippen MR) is 96.0 cm³/mol. The average molecular weight is 345 g/mol. The van der Waals surface area contributed by atoms with Gasteiger partial charge in [0, 0.05) is 17.5 Å². The van der Waals surface area contributed by atoms with E-state index in [-0.39, 0.29) is 6.04 Å². The van der Waals surface area contributed by atoms with Crippen molar-refractivity contribution in [2.45, 2.75) is 24.3 Å². The Balaban J connectivity index is 1.75. The molecule has 23 heavy (non-hydrogen) atoms. The van der Waals surface area contributed by atoms with Crippen molar-refractivity contribution in [3.05, 3.63) is 70.4 Å². The number of sulfonamides is 1.